The number of carboxylic acid groups (broad SMARTS) is 1. The van der Waals surface area contributed by atoms with Crippen LogP contribution in [-0.4, -0.2) is 50.0 Å². The van der Waals surface area contributed by atoms with Gasteiger partial charge in [0.2, 0.25) is 0 Å². The summed E-state index contributed by atoms with van der Waals surface area (Å²) in [6.07, 6.45) is 5.99. The topological polar surface area (TPSA) is 115 Å². The number of aliphatic hydroxyl groups is 3. The molecule has 0 fully saturated rings. The highest BCUT2D eigenvalue weighted by Crippen LogP contribution is 2.32. The van der Waals surface area contributed by atoms with Crippen LogP contribution >= 0.6 is 0 Å². The van der Waals surface area contributed by atoms with Crippen molar-refractivity contribution in [1.29, 1.82) is 0 Å². The predicted molar refractivity (Wildman–Crippen MR) is 89.3 cm³/mol. The van der Waals surface area contributed by atoms with Crippen molar-refractivity contribution in [3.63, 3.8) is 0 Å². The molecule has 0 saturated carbocycles. The molecule has 3 atom stereocenters. The van der Waals surface area contributed by atoms with E-state index in [4.69, 9.17) is 5.11 Å². The standard InChI is InChI=1S/C18H26O6/c1-3-4-5-6-7-8-13-11-14(19)16(21)18(24,15(13)20)10-9-12(2)17(22)23/h7-9,11,15-16,20-21,24H,3-6,10H2,1-2H3,(H,22,23). The van der Waals surface area contributed by atoms with E-state index < -0.39 is 29.6 Å². The molecule has 0 aromatic carbocycles. The second-order valence-electron chi connectivity index (χ2n) is 6.14. The Morgan fingerprint density at radius 1 is 1.29 bits per heavy atom. The molecule has 0 spiro atoms. The van der Waals surface area contributed by atoms with E-state index in [1.807, 2.05) is 6.08 Å². The highest BCUT2D eigenvalue weighted by molar-refractivity contribution is 5.97. The van der Waals surface area contributed by atoms with Gasteiger partial charge in [0.1, 0.15) is 17.8 Å². The zero-order valence-electron chi connectivity index (χ0n) is 14.1. The third kappa shape index (κ3) is 4.87. The van der Waals surface area contributed by atoms with Gasteiger partial charge in [-0.2, -0.15) is 0 Å². The number of hydrogen-bond acceptors (Lipinski definition) is 5. The maximum atomic E-state index is 11.9. The number of carboxylic acids is 1. The summed E-state index contributed by atoms with van der Waals surface area (Å²) in [5, 5.41) is 39.8. The van der Waals surface area contributed by atoms with Crippen LogP contribution in [0.5, 0.6) is 0 Å². The van der Waals surface area contributed by atoms with Crippen molar-refractivity contribution in [3.8, 4) is 0 Å². The number of ketones is 1. The third-order valence-corrected chi connectivity index (χ3v) is 4.20. The second kappa shape index (κ2) is 8.92. The molecule has 6 nitrogen and oxygen atoms in total. The van der Waals surface area contributed by atoms with E-state index in [9.17, 15) is 24.9 Å². The zero-order chi connectivity index (χ0) is 18.3. The van der Waals surface area contributed by atoms with Crippen molar-refractivity contribution in [2.45, 2.75) is 63.8 Å². The SMILES string of the molecule is CCCCCC=CC1=CC(=O)C(O)C(O)(CC=C(C)C(=O)O)C1O. The summed E-state index contributed by atoms with van der Waals surface area (Å²) >= 11 is 0. The monoisotopic (exact) mass is 338 g/mol. The van der Waals surface area contributed by atoms with Crippen molar-refractivity contribution < 1.29 is 30.0 Å². The Balaban J connectivity index is 2.94. The Kier molecular flexibility index (Phi) is 7.54. The molecule has 1 aliphatic rings. The van der Waals surface area contributed by atoms with Gasteiger partial charge >= 0.3 is 5.97 Å². The molecule has 0 aromatic heterocycles. The van der Waals surface area contributed by atoms with E-state index in [0.29, 0.717) is 0 Å². The third-order valence-electron chi connectivity index (χ3n) is 4.20. The summed E-state index contributed by atoms with van der Waals surface area (Å²) in [4.78, 5) is 22.7. The maximum Gasteiger partial charge on any atom is 0.330 e. The number of unbranched alkanes of at least 4 members (excludes halogenated alkanes) is 3. The Morgan fingerprint density at radius 2 is 1.96 bits per heavy atom. The second-order valence-corrected chi connectivity index (χ2v) is 6.14. The fraction of sp³-hybridized carbons (Fsp3) is 0.556. The van der Waals surface area contributed by atoms with Gasteiger partial charge in [0, 0.05) is 12.0 Å². The number of carbonyl (C=O) groups excluding carboxylic acids is 1. The first-order valence-corrected chi connectivity index (χ1v) is 8.14. The van der Waals surface area contributed by atoms with Crippen molar-refractivity contribution in [2.24, 2.45) is 0 Å². The Labute approximate surface area is 141 Å². The molecule has 24 heavy (non-hydrogen) atoms. The normalized spacial score (nSPS) is 28.3. The lowest BCUT2D eigenvalue weighted by Crippen LogP contribution is -2.58. The maximum absolute atomic E-state index is 11.9. The number of aliphatic hydroxyl groups excluding tert-OH is 2. The fourth-order valence-electron chi connectivity index (χ4n) is 2.50. The predicted octanol–water partition coefficient (Wildman–Crippen LogP) is 1.51. The minimum Gasteiger partial charge on any atom is -0.478 e. The summed E-state index contributed by atoms with van der Waals surface area (Å²) in [7, 11) is 0. The zero-order valence-corrected chi connectivity index (χ0v) is 14.1. The van der Waals surface area contributed by atoms with Crippen molar-refractivity contribution >= 4 is 11.8 Å². The lowest BCUT2D eigenvalue weighted by atomic mass is 9.76. The highest BCUT2D eigenvalue weighted by atomic mass is 16.4. The molecule has 0 saturated heterocycles. The molecule has 6 heteroatoms. The molecule has 1 rings (SSSR count). The Hall–Kier alpha value is -1.76. The van der Waals surface area contributed by atoms with Gasteiger partial charge in [-0.1, -0.05) is 38.0 Å². The van der Waals surface area contributed by atoms with Gasteiger partial charge in [-0.05, 0) is 31.4 Å². The molecular formula is C18H26O6. The van der Waals surface area contributed by atoms with E-state index in [1.165, 1.54) is 13.0 Å². The van der Waals surface area contributed by atoms with Crippen LogP contribution < -0.4 is 0 Å². The Bertz CT molecular complexity index is 560. The largest absolute Gasteiger partial charge is 0.478 e. The van der Waals surface area contributed by atoms with Gasteiger partial charge in [-0.25, -0.2) is 4.79 Å². The number of allylic oxidation sites excluding steroid dienone is 1. The molecule has 0 radical (unpaired) electrons. The van der Waals surface area contributed by atoms with Crippen LogP contribution in [0.4, 0.5) is 0 Å². The fourth-order valence-corrected chi connectivity index (χ4v) is 2.50. The van der Waals surface area contributed by atoms with Crippen molar-refractivity contribution in [3.05, 3.63) is 35.5 Å². The number of carbonyl (C=O) groups is 2. The number of hydrogen-bond donors (Lipinski definition) is 4. The highest BCUT2D eigenvalue weighted by Gasteiger charge is 2.49. The first-order valence-electron chi connectivity index (χ1n) is 8.14. The molecule has 0 heterocycles. The van der Waals surface area contributed by atoms with Crippen LogP contribution in [0.25, 0.3) is 0 Å². The van der Waals surface area contributed by atoms with E-state index in [0.717, 1.165) is 31.8 Å². The first kappa shape index (κ1) is 20.3. The summed E-state index contributed by atoms with van der Waals surface area (Å²) in [5.74, 6) is -1.88. The van der Waals surface area contributed by atoms with Crippen molar-refractivity contribution in [1.82, 2.24) is 0 Å². The number of aliphatic carboxylic acids is 1. The molecule has 3 unspecified atom stereocenters. The van der Waals surface area contributed by atoms with Crippen molar-refractivity contribution in [2.75, 3.05) is 0 Å². The van der Waals surface area contributed by atoms with Gasteiger partial charge in [0.25, 0.3) is 0 Å². The van der Waals surface area contributed by atoms with Crippen LogP contribution in [0.15, 0.2) is 35.5 Å². The minimum absolute atomic E-state index is 0.0403. The van der Waals surface area contributed by atoms with Gasteiger partial charge < -0.3 is 20.4 Å². The van der Waals surface area contributed by atoms with Crippen LogP contribution in [0.1, 0.15) is 46.0 Å². The van der Waals surface area contributed by atoms with E-state index in [1.54, 1.807) is 6.08 Å². The minimum atomic E-state index is -2.15. The molecule has 1 aliphatic carbocycles. The van der Waals surface area contributed by atoms with Gasteiger partial charge in [0.05, 0.1) is 0 Å². The average molecular weight is 338 g/mol. The van der Waals surface area contributed by atoms with Gasteiger partial charge in [-0.15, -0.1) is 0 Å². The molecule has 4 N–H and O–H groups in total. The molecule has 0 bridgehead atoms. The lowest BCUT2D eigenvalue weighted by Gasteiger charge is -2.39. The smallest absolute Gasteiger partial charge is 0.330 e. The van der Waals surface area contributed by atoms with Crippen LogP contribution in [0.2, 0.25) is 0 Å². The summed E-state index contributed by atoms with van der Waals surface area (Å²) in [6.45, 7) is 3.42. The average Bonchev–Trinajstić information content (AvgIpc) is 2.55. The number of rotatable bonds is 8. The van der Waals surface area contributed by atoms with Gasteiger partial charge in [-0.3, -0.25) is 4.79 Å². The molecule has 134 valence electrons. The quantitative estimate of drug-likeness (QED) is 0.394. The Morgan fingerprint density at radius 3 is 2.54 bits per heavy atom. The lowest BCUT2D eigenvalue weighted by molar-refractivity contribution is -0.158. The van der Waals surface area contributed by atoms with E-state index in [2.05, 4.69) is 6.92 Å². The molecular weight excluding hydrogens is 312 g/mol. The summed E-state index contributed by atoms with van der Waals surface area (Å²) < 4.78 is 0. The molecule has 0 aromatic rings. The molecule has 0 amide bonds. The van der Waals surface area contributed by atoms with E-state index >= 15 is 0 Å². The van der Waals surface area contributed by atoms with Crippen LogP contribution in [-0.2, 0) is 9.59 Å². The summed E-state index contributed by atoms with van der Waals surface area (Å²) in [6, 6.07) is 0. The van der Waals surface area contributed by atoms with Crippen LogP contribution in [0, 0.1) is 0 Å². The summed E-state index contributed by atoms with van der Waals surface area (Å²) in [5.41, 5.74) is -1.97. The first-order chi connectivity index (χ1) is 11.2. The van der Waals surface area contributed by atoms with Crippen LogP contribution in [0.3, 0.4) is 0 Å². The van der Waals surface area contributed by atoms with Gasteiger partial charge in [0.15, 0.2) is 5.78 Å². The molecule has 0 aliphatic heterocycles. The van der Waals surface area contributed by atoms with E-state index in [-0.39, 0.29) is 17.6 Å².